The molecule has 2 aromatic rings. The molecule has 0 amide bonds. The summed E-state index contributed by atoms with van der Waals surface area (Å²) in [7, 11) is 1.49. The Kier molecular flexibility index (Phi) is 3.84. The first-order valence-corrected chi connectivity index (χ1v) is 5.84. The van der Waals surface area contributed by atoms with Crippen LogP contribution in [0.5, 0.6) is 5.75 Å². The molecule has 0 spiro atoms. The molecule has 0 bridgehead atoms. The number of rotatable bonds is 3. The third-order valence-corrected chi connectivity index (χ3v) is 3.02. The van der Waals surface area contributed by atoms with E-state index in [2.05, 4.69) is 0 Å². The summed E-state index contributed by atoms with van der Waals surface area (Å²) < 4.78 is 19.0. The van der Waals surface area contributed by atoms with Gasteiger partial charge in [-0.3, -0.25) is 0 Å². The molecule has 0 heterocycles. The molecule has 2 rings (SSSR count). The Bertz CT molecular complexity index is 542. The van der Waals surface area contributed by atoms with E-state index in [-0.39, 0.29) is 5.82 Å². The van der Waals surface area contributed by atoms with Gasteiger partial charge in [0.1, 0.15) is 11.6 Å². The van der Waals surface area contributed by atoms with Gasteiger partial charge in [-0.1, -0.05) is 29.8 Å². The first-order valence-electron chi connectivity index (χ1n) is 5.47. The van der Waals surface area contributed by atoms with Crippen LogP contribution in [0.2, 0.25) is 5.02 Å². The van der Waals surface area contributed by atoms with Gasteiger partial charge < -0.3 is 10.5 Å². The molecule has 0 saturated heterocycles. The second-order valence-corrected chi connectivity index (χ2v) is 4.32. The van der Waals surface area contributed by atoms with Crippen LogP contribution in [0.25, 0.3) is 0 Å². The van der Waals surface area contributed by atoms with Crippen molar-refractivity contribution in [3.63, 3.8) is 0 Å². The molecule has 4 heteroatoms. The zero-order valence-electron chi connectivity index (χ0n) is 9.86. The van der Waals surface area contributed by atoms with E-state index in [0.29, 0.717) is 16.3 Å². The van der Waals surface area contributed by atoms with E-state index in [0.717, 1.165) is 5.56 Å². The maximum absolute atomic E-state index is 13.9. The molecule has 0 aliphatic rings. The quantitative estimate of drug-likeness (QED) is 0.921. The second kappa shape index (κ2) is 5.38. The molecule has 2 aromatic carbocycles. The lowest BCUT2D eigenvalue weighted by Crippen LogP contribution is -2.14. The molecule has 1 atom stereocenters. The molecule has 0 fully saturated rings. The summed E-state index contributed by atoms with van der Waals surface area (Å²) in [6, 6.07) is 11.1. The van der Waals surface area contributed by atoms with Gasteiger partial charge in [-0.2, -0.15) is 0 Å². The lowest BCUT2D eigenvalue weighted by atomic mass is 9.98. The standard InChI is InChI=1S/C14H13ClFNO/c1-18-12-4-2-3-11(16)13(12)14(17)9-5-7-10(15)8-6-9/h2-8,14H,17H2,1H3. The van der Waals surface area contributed by atoms with Gasteiger partial charge in [-0.25, -0.2) is 4.39 Å². The average Bonchev–Trinajstić information content (AvgIpc) is 2.38. The summed E-state index contributed by atoms with van der Waals surface area (Å²) in [5.41, 5.74) is 7.21. The third kappa shape index (κ3) is 2.47. The molecular formula is C14H13ClFNO. The third-order valence-electron chi connectivity index (χ3n) is 2.77. The highest BCUT2D eigenvalue weighted by atomic mass is 35.5. The number of hydrogen-bond donors (Lipinski definition) is 1. The Balaban J connectivity index is 2.45. The van der Waals surface area contributed by atoms with Crippen molar-refractivity contribution in [3.05, 3.63) is 64.4 Å². The highest BCUT2D eigenvalue weighted by Crippen LogP contribution is 2.30. The zero-order valence-corrected chi connectivity index (χ0v) is 10.6. The lowest BCUT2D eigenvalue weighted by molar-refractivity contribution is 0.402. The van der Waals surface area contributed by atoms with Gasteiger partial charge >= 0.3 is 0 Å². The summed E-state index contributed by atoms with van der Waals surface area (Å²) in [5.74, 6) is 0.0641. The summed E-state index contributed by atoms with van der Waals surface area (Å²) in [4.78, 5) is 0. The highest BCUT2D eigenvalue weighted by Gasteiger charge is 2.18. The van der Waals surface area contributed by atoms with Crippen molar-refractivity contribution in [1.29, 1.82) is 0 Å². The summed E-state index contributed by atoms with van der Waals surface area (Å²) in [6.45, 7) is 0. The van der Waals surface area contributed by atoms with Crippen molar-refractivity contribution in [2.75, 3.05) is 7.11 Å². The molecule has 0 aliphatic heterocycles. The van der Waals surface area contributed by atoms with Crippen LogP contribution < -0.4 is 10.5 Å². The number of methoxy groups -OCH3 is 1. The van der Waals surface area contributed by atoms with Gasteiger partial charge in [0.05, 0.1) is 18.7 Å². The van der Waals surface area contributed by atoms with Crippen molar-refractivity contribution in [3.8, 4) is 5.75 Å². The van der Waals surface area contributed by atoms with E-state index >= 15 is 0 Å². The van der Waals surface area contributed by atoms with Crippen LogP contribution in [0.3, 0.4) is 0 Å². The Hall–Kier alpha value is -1.58. The first kappa shape index (κ1) is 12.9. The van der Waals surface area contributed by atoms with Crippen molar-refractivity contribution in [2.45, 2.75) is 6.04 Å². The fourth-order valence-electron chi connectivity index (χ4n) is 1.83. The molecule has 0 aromatic heterocycles. The summed E-state index contributed by atoms with van der Waals surface area (Å²) >= 11 is 5.81. The number of ether oxygens (including phenoxy) is 1. The Morgan fingerprint density at radius 1 is 1.17 bits per heavy atom. The molecule has 18 heavy (non-hydrogen) atoms. The average molecular weight is 266 g/mol. The molecule has 2 N–H and O–H groups in total. The van der Waals surface area contributed by atoms with Gasteiger partial charge in [-0.05, 0) is 29.8 Å². The van der Waals surface area contributed by atoms with Crippen LogP contribution in [-0.4, -0.2) is 7.11 Å². The zero-order chi connectivity index (χ0) is 13.1. The largest absolute Gasteiger partial charge is 0.496 e. The van der Waals surface area contributed by atoms with Crippen LogP contribution in [0, 0.1) is 5.82 Å². The van der Waals surface area contributed by atoms with Gasteiger partial charge in [0, 0.05) is 5.02 Å². The topological polar surface area (TPSA) is 35.2 Å². The van der Waals surface area contributed by atoms with E-state index in [4.69, 9.17) is 22.1 Å². The molecule has 94 valence electrons. The van der Waals surface area contributed by atoms with Crippen LogP contribution in [-0.2, 0) is 0 Å². The van der Waals surface area contributed by atoms with Crippen LogP contribution in [0.4, 0.5) is 4.39 Å². The number of benzene rings is 2. The minimum Gasteiger partial charge on any atom is -0.496 e. The van der Waals surface area contributed by atoms with Crippen LogP contribution >= 0.6 is 11.6 Å². The minimum atomic E-state index is -0.585. The molecule has 2 nitrogen and oxygen atoms in total. The lowest BCUT2D eigenvalue weighted by Gasteiger charge is -2.16. The fourth-order valence-corrected chi connectivity index (χ4v) is 1.96. The van der Waals surface area contributed by atoms with Crippen LogP contribution in [0.15, 0.2) is 42.5 Å². The number of halogens is 2. The molecule has 0 aliphatic carbocycles. The van der Waals surface area contributed by atoms with Crippen molar-refractivity contribution in [2.24, 2.45) is 5.73 Å². The summed E-state index contributed by atoms with van der Waals surface area (Å²) in [5, 5.41) is 0.617. The number of nitrogens with two attached hydrogens (primary N) is 1. The Morgan fingerprint density at radius 2 is 1.83 bits per heavy atom. The van der Waals surface area contributed by atoms with E-state index in [9.17, 15) is 4.39 Å². The maximum atomic E-state index is 13.9. The molecule has 0 saturated carbocycles. The van der Waals surface area contributed by atoms with Crippen molar-refractivity contribution in [1.82, 2.24) is 0 Å². The maximum Gasteiger partial charge on any atom is 0.132 e. The summed E-state index contributed by atoms with van der Waals surface area (Å²) in [6.07, 6.45) is 0. The minimum absolute atomic E-state index is 0.349. The second-order valence-electron chi connectivity index (χ2n) is 3.88. The Labute approximate surface area is 110 Å². The molecule has 1 unspecified atom stereocenters. The first-order chi connectivity index (χ1) is 8.63. The van der Waals surface area contributed by atoms with Crippen molar-refractivity contribution >= 4 is 11.6 Å². The smallest absolute Gasteiger partial charge is 0.132 e. The number of hydrogen-bond acceptors (Lipinski definition) is 2. The highest BCUT2D eigenvalue weighted by molar-refractivity contribution is 6.30. The predicted octanol–water partition coefficient (Wildman–Crippen LogP) is 3.54. The fraction of sp³-hybridized carbons (Fsp3) is 0.143. The molecule has 0 radical (unpaired) electrons. The molecular weight excluding hydrogens is 253 g/mol. The monoisotopic (exact) mass is 265 g/mol. The van der Waals surface area contributed by atoms with E-state index < -0.39 is 6.04 Å². The Morgan fingerprint density at radius 3 is 2.44 bits per heavy atom. The van der Waals surface area contributed by atoms with Crippen LogP contribution in [0.1, 0.15) is 17.2 Å². The SMILES string of the molecule is COc1cccc(F)c1C(N)c1ccc(Cl)cc1. The van der Waals surface area contributed by atoms with Gasteiger partial charge in [0.25, 0.3) is 0 Å². The van der Waals surface area contributed by atoms with E-state index in [1.165, 1.54) is 13.2 Å². The predicted molar refractivity (Wildman–Crippen MR) is 70.4 cm³/mol. The van der Waals surface area contributed by atoms with E-state index in [1.807, 2.05) is 0 Å². The van der Waals surface area contributed by atoms with E-state index in [1.54, 1.807) is 36.4 Å². The van der Waals surface area contributed by atoms with Gasteiger partial charge in [0.2, 0.25) is 0 Å². The van der Waals surface area contributed by atoms with Crippen molar-refractivity contribution < 1.29 is 9.13 Å². The van der Waals surface area contributed by atoms with Gasteiger partial charge in [0.15, 0.2) is 0 Å². The van der Waals surface area contributed by atoms with Gasteiger partial charge in [-0.15, -0.1) is 0 Å². The normalized spacial score (nSPS) is 12.2.